The van der Waals surface area contributed by atoms with E-state index < -0.39 is 16.9 Å². The molecule has 108 valence electrons. The number of thiocarbonyl (C=S) groups is 1. The van der Waals surface area contributed by atoms with E-state index in [0.717, 1.165) is 7.05 Å². The summed E-state index contributed by atoms with van der Waals surface area (Å²) >= 11 is 10.6. The molecule has 0 spiro atoms. The SMILES string of the molecule is Cc1c(C(N)=S)cnn1-c1nn(C)c(C(F)(F)F)c1Cl. The van der Waals surface area contributed by atoms with Gasteiger partial charge in [0.1, 0.15) is 10.0 Å². The summed E-state index contributed by atoms with van der Waals surface area (Å²) in [4.78, 5) is 0.0943. The number of nitrogens with zero attached hydrogens (tertiary/aromatic N) is 4. The van der Waals surface area contributed by atoms with Crippen molar-refractivity contribution in [1.29, 1.82) is 0 Å². The molecule has 2 N–H and O–H groups in total. The van der Waals surface area contributed by atoms with Gasteiger partial charge in [-0.1, -0.05) is 23.8 Å². The van der Waals surface area contributed by atoms with Crippen LogP contribution in [0.4, 0.5) is 13.2 Å². The molecule has 0 aliphatic heterocycles. The van der Waals surface area contributed by atoms with E-state index >= 15 is 0 Å². The number of alkyl halides is 3. The fourth-order valence-corrected chi connectivity index (χ4v) is 2.34. The van der Waals surface area contributed by atoms with Crippen LogP contribution in [0.3, 0.4) is 0 Å². The van der Waals surface area contributed by atoms with Gasteiger partial charge in [0.25, 0.3) is 0 Å². The molecule has 2 aromatic heterocycles. The summed E-state index contributed by atoms with van der Waals surface area (Å²) in [6.45, 7) is 1.61. The van der Waals surface area contributed by atoms with Crippen LogP contribution in [-0.4, -0.2) is 24.5 Å². The van der Waals surface area contributed by atoms with E-state index in [-0.39, 0.29) is 10.8 Å². The summed E-state index contributed by atoms with van der Waals surface area (Å²) < 4.78 is 40.4. The first-order chi connectivity index (χ1) is 9.14. The van der Waals surface area contributed by atoms with Crippen LogP contribution in [0.2, 0.25) is 5.02 Å². The van der Waals surface area contributed by atoms with E-state index in [1.807, 2.05) is 0 Å². The zero-order valence-corrected chi connectivity index (χ0v) is 11.9. The molecule has 2 heterocycles. The van der Waals surface area contributed by atoms with Crippen LogP contribution in [0.1, 0.15) is 17.0 Å². The minimum Gasteiger partial charge on any atom is -0.389 e. The average molecular weight is 324 g/mol. The summed E-state index contributed by atoms with van der Waals surface area (Å²) in [5.41, 5.74) is 5.37. The Morgan fingerprint density at radius 1 is 1.45 bits per heavy atom. The van der Waals surface area contributed by atoms with Gasteiger partial charge in [-0.05, 0) is 6.92 Å². The third kappa shape index (κ3) is 2.27. The molecule has 0 radical (unpaired) electrons. The fourth-order valence-electron chi connectivity index (χ4n) is 1.79. The van der Waals surface area contributed by atoms with Gasteiger partial charge >= 0.3 is 6.18 Å². The van der Waals surface area contributed by atoms with Gasteiger partial charge in [0, 0.05) is 7.05 Å². The van der Waals surface area contributed by atoms with Crippen molar-refractivity contribution >= 4 is 28.8 Å². The van der Waals surface area contributed by atoms with Gasteiger partial charge < -0.3 is 5.73 Å². The quantitative estimate of drug-likeness (QED) is 0.861. The van der Waals surface area contributed by atoms with E-state index in [4.69, 9.17) is 29.6 Å². The minimum absolute atomic E-state index is 0.0943. The molecule has 10 heteroatoms. The molecular formula is C10H9ClF3N5S. The highest BCUT2D eigenvalue weighted by Crippen LogP contribution is 2.37. The molecule has 2 aromatic rings. The summed E-state index contributed by atoms with van der Waals surface area (Å²) in [5, 5.41) is 7.16. The van der Waals surface area contributed by atoms with E-state index in [0.29, 0.717) is 15.9 Å². The first-order valence-electron chi connectivity index (χ1n) is 5.29. The molecule has 5 nitrogen and oxygen atoms in total. The number of aromatic nitrogens is 4. The standard InChI is InChI=1S/C10H9ClF3N5S/c1-4-5(8(15)20)3-16-19(4)9-6(11)7(10(12,13)14)18(2)17-9/h3H,1-2H3,(H2,15,20). The lowest BCUT2D eigenvalue weighted by Gasteiger charge is -2.06. The molecule has 20 heavy (non-hydrogen) atoms. The topological polar surface area (TPSA) is 61.7 Å². The highest BCUT2D eigenvalue weighted by molar-refractivity contribution is 7.80. The van der Waals surface area contributed by atoms with Crippen molar-refractivity contribution in [2.45, 2.75) is 13.1 Å². The highest BCUT2D eigenvalue weighted by Gasteiger charge is 2.39. The number of rotatable bonds is 2. The van der Waals surface area contributed by atoms with E-state index in [1.165, 1.54) is 10.9 Å². The van der Waals surface area contributed by atoms with Gasteiger partial charge in [0.2, 0.25) is 0 Å². The molecule has 0 saturated carbocycles. The fraction of sp³-hybridized carbons (Fsp3) is 0.300. The van der Waals surface area contributed by atoms with Crippen LogP contribution in [0.25, 0.3) is 5.82 Å². The largest absolute Gasteiger partial charge is 0.434 e. The van der Waals surface area contributed by atoms with Crippen LogP contribution in [-0.2, 0) is 13.2 Å². The zero-order valence-electron chi connectivity index (χ0n) is 10.4. The molecule has 0 atom stereocenters. The number of halogens is 4. The lowest BCUT2D eigenvalue weighted by Crippen LogP contribution is -2.12. The minimum atomic E-state index is -4.61. The summed E-state index contributed by atoms with van der Waals surface area (Å²) in [7, 11) is 1.16. The van der Waals surface area contributed by atoms with Crippen molar-refractivity contribution in [2.75, 3.05) is 0 Å². The van der Waals surface area contributed by atoms with Crippen molar-refractivity contribution in [1.82, 2.24) is 19.6 Å². The van der Waals surface area contributed by atoms with Crippen LogP contribution in [0.5, 0.6) is 0 Å². The predicted molar refractivity (Wildman–Crippen MR) is 71.0 cm³/mol. The van der Waals surface area contributed by atoms with Crippen molar-refractivity contribution in [3.05, 3.63) is 28.2 Å². The Labute approximate surface area is 122 Å². The average Bonchev–Trinajstić information content (AvgIpc) is 2.78. The molecule has 0 saturated heterocycles. The van der Waals surface area contributed by atoms with E-state index in [9.17, 15) is 13.2 Å². The Bertz CT molecular complexity index is 688. The van der Waals surface area contributed by atoms with Crippen LogP contribution in [0.15, 0.2) is 6.20 Å². The third-order valence-electron chi connectivity index (χ3n) is 2.72. The van der Waals surface area contributed by atoms with E-state index in [1.54, 1.807) is 6.92 Å². The molecule has 2 rings (SSSR count). The molecule has 0 amide bonds. The van der Waals surface area contributed by atoms with E-state index in [2.05, 4.69) is 10.2 Å². The smallest absolute Gasteiger partial charge is 0.389 e. The number of hydrogen-bond acceptors (Lipinski definition) is 3. The Hall–Kier alpha value is -1.61. The molecule has 0 aromatic carbocycles. The Balaban J connectivity index is 2.64. The zero-order chi connectivity index (χ0) is 15.2. The first kappa shape index (κ1) is 14.8. The summed E-state index contributed by atoms with van der Waals surface area (Å²) in [5.74, 6) is -0.124. The second kappa shape index (κ2) is 4.74. The van der Waals surface area contributed by atoms with Gasteiger partial charge in [-0.3, -0.25) is 4.68 Å². The van der Waals surface area contributed by atoms with Crippen molar-refractivity contribution in [2.24, 2.45) is 12.8 Å². The second-order valence-corrected chi connectivity index (χ2v) is 4.85. The normalized spacial score (nSPS) is 11.9. The van der Waals surface area contributed by atoms with Crippen molar-refractivity contribution < 1.29 is 13.2 Å². The maximum Gasteiger partial charge on any atom is 0.434 e. The van der Waals surface area contributed by atoms with Gasteiger partial charge in [0.15, 0.2) is 11.5 Å². The molecular weight excluding hydrogens is 315 g/mol. The van der Waals surface area contributed by atoms with Gasteiger partial charge in [0.05, 0.1) is 17.5 Å². The molecule has 0 aliphatic carbocycles. The number of aryl methyl sites for hydroxylation is 1. The monoisotopic (exact) mass is 323 g/mol. The van der Waals surface area contributed by atoms with Gasteiger partial charge in [-0.15, -0.1) is 0 Å². The van der Waals surface area contributed by atoms with Crippen LogP contribution in [0, 0.1) is 6.92 Å². The Kier molecular flexibility index (Phi) is 3.51. The lowest BCUT2D eigenvalue weighted by atomic mass is 10.2. The lowest BCUT2D eigenvalue weighted by molar-refractivity contribution is -0.143. The van der Waals surface area contributed by atoms with Crippen molar-refractivity contribution in [3.8, 4) is 5.82 Å². The molecule has 0 bridgehead atoms. The highest BCUT2D eigenvalue weighted by atomic mass is 35.5. The van der Waals surface area contributed by atoms with Crippen LogP contribution < -0.4 is 5.73 Å². The Morgan fingerprint density at radius 3 is 2.45 bits per heavy atom. The molecule has 0 unspecified atom stereocenters. The molecule has 0 aliphatic rings. The van der Waals surface area contributed by atoms with Crippen molar-refractivity contribution in [3.63, 3.8) is 0 Å². The number of hydrogen-bond donors (Lipinski definition) is 1. The predicted octanol–water partition coefficient (Wildman–Crippen LogP) is 2.22. The first-order valence-corrected chi connectivity index (χ1v) is 6.07. The second-order valence-electron chi connectivity index (χ2n) is 4.03. The summed E-state index contributed by atoms with van der Waals surface area (Å²) in [6, 6.07) is 0. The Morgan fingerprint density at radius 2 is 2.05 bits per heavy atom. The van der Waals surface area contributed by atoms with Gasteiger partial charge in [-0.2, -0.15) is 23.4 Å². The third-order valence-corrected chi connectivity index (χ3v) is 3.28. The van der Waals surface area contributed by atoms with Gasteiger partial charge in [-0.25, -0.2) is 4.68 Å². The maximum atomic E-state index is 12.9. The maximum absolute atomic E-state index is 12.9. The molecule has 0 fully saturated rings. The summed E-state index contributed by atoms with van der Waals surface area (Å²) in [6.07, 6.45) is -3.25. The van der Waals surface area contributed by atoms with Crippen LogP contribution >= 0.6 is 23.8 Å². The number of nitrogens with two attached hydrogens (primary N) is 1.